The molecule has 3 aromatic carbocycles. The number of fused-ring (bicyclic) bond motifs is 1. The molecule has 1 heterocycles. The van der Waals surface area contributed by atoms with Crippen LogP contribution >= 0.6 is 0 Å². The molecular weight excluding hydrogens is 302 g/mol. The first-order valence-electron chi connectivity index (χ1n) is 7.50. The van der Waals surface area contributed by atoms with Crippen molar-refractivity contribution in [2.45, 2.75) is 0 Å². The Balaban J connectivity index is 1.69. The van der Waals surface area contributed by atoms with Crippen LogP contribution in [0.15, 0.2) is 77.4 Å². The maximum atomic E-state index is 12.7. The third kappa shape index (κ3) is 2.52. The van der Waals surface area contributed by atoms with E-state index in [1.54, 1.807) is 6.07 Å². The lowest BCUT2D eigenvalue weighted by Crippen LogP contribution is -2.13. The minimum absolute atomic E-state index is 0.250. The molecule has 5 heteroatoms. The molecule has 1 N–H and O–H groups in total. The van der Waals surface area contributed by atoms with Crippen LogP contribution in [0.2, 0.25) is 0 Å². The Kier molecular flexibility index (Phi) is 3.51. The number of hydrogen-bond donors (Lipinski definition) is 1. The second-order valence-electron chi connectivity index (χ2n) is 5.31. The molecule has 5 nitrogen and oxygen atoms in total. The number of aromatic nitrogens is 2. The Hall–Kier alpha value is -3.47. The van der Waals surface area contributed by atoms with Gasteiger partial charge in [-0.25, -0.2) is 4.63 Å². The van der Waals surface area contributed by atoms with E-state index in [0.717, 1.165) is 16.3 Å². The zero-order valence-electron chi connectivity index (χ0n) is 12.6. The van der Waals surface area contributed by atoms with Crippen molar-refractivity contribution in [2.24, 2.45) is 0 Å². The highest BCUT2D eigenvalue weighted by Gasteiger charge is 2.17. The molecule has 1 amide bonds. The van der Waals surface area contributed by atoms with Crippen LogP contribution < -0.4 is 5.32 Å². The third-order valence-corrected chi connectivity index (χ3v) is 3.80. The minimum atomic E-state index is -0.250. The van der Waals surface area contributed by atoms with Crippen molar-refractivity contribution in [3.8, 4) is 11.3 Å². The van der Waals surface area contributed by atoms with Gasteiger partial charge in [0.25, 0.3) is 5.91 Å². The van der Waals surface area contributed by atoms with Crippen LogP contribution in [0.25, 0.3) is 22.0 Å². The van der Waals surface area contributed by atoms with E-state index in [1.807, 2.05) is 66.7 Å². The zero-order valence-corrected chi connectivity index (χ0v) is 12.6. The van der Waals surface area contributed by atoms with Crippen molar-refractivity contribution in [1.29, 1.82) is 0 Å². The van der Waals surface area contributed by atoms with E-state index in [2.05, 4.69) is 15.6 Å². The van der Waals surface area contributed by atoms with Gasteiger partial charge in [0, 0.05) is 11.1 Å². The molecule has 0 unspecified atom stereocenters. The number of hydrogen-bond acceptors (Lipinski definition) is 4. The van der Waals surface area contributed by atoms with E-state index in [9.17, 15) is 4.79 Å². The normalized spacial score (nSPS) is 10.7. The van der Waals surface area contributed by atoms with E-state index in [4.69, 9.17) is 4.63 Å². The van der Waals surface area contributed by atoms with E-state index >= 15 is 0 Å². The van der Waals surface area contributed by atoms with Gasteiger partial charge in [-0.3, -0.25) is 4.79 Å². The number of nitrogens with zero attached hydrogens (tertiary/aromatic N) is 2. The van der Waals surface area contributed by atoms with Crippen molar-refractivity contribution in [3.05, 3.63) is 78.4 Å². The average Bonchev–Trinajstić information content (AvgIpc) is 3.10. The molecule has 0 saturated heterocycles. The van der Waals surface area contributed by atoms with Crippen LogP contribution in [0.1, 0.15) is 10.4 Å². The first kappa shape index (κ1) is 14.1. The first-order chi connectivity index (χ1) is 11.8. The number of benzene rings is 3. The van der Waals surface area contributed by atoms with Crippen LogP contribution in [-0.2, 0) is 0 Å². The van der Waals surface area contributed by atoms with Crippen molar-refractivity contribution < 1.29 is 9.42 Å². The third-order valence-electron chi connectivity index (χ3n) is 3.80. The maximum Gasteiger partial charge on any atom is 0.257 e. The van der Waals surface area contributed by atoms with Crippen LogP contribution in [0.5, 0.6) is 0 Å². The molecule has 116 valence electrons. The fourth-order valence-electron chi connectivity index (χ4n) is 2.65. The van der Waals surface area contributed by atoms with Gasteiger partial charge in [0.1, 0.15) is 0 Å². The van der Waals surface area contributed by atoms with Gasteiger partial charge in [-0.15, -0.1) is 0 Å². The number of rotatable bonds is 3. The predicted molar refractivity (Wildman–Crippen MR) is 91.6 cm³/mol. The molecule has 4 rings (SSSR count). The van der Waals surface area contributed by atoms with E-state index in [-0.39, 0.29) is 5.91 Å². The molecule has 0 bridgehead atoms. The molecule has 0 radical (unpaired) electrons. The molecule has 0 atom stereocenters. The highest BCUT2D eigenvalue weighted by Crippen LogP contribution is 2.25. The quantitative estimate of drug-likeness (QED) is 0.617. The van der Waals surface area contributed by atoms with Gasteiger partial charge in [0.2, 0.25) is 5.82 Å². The molecule has 0 fully saturated rings. The Morgan fingerprint density at radius 2 is 1.58 bits per heavy atom. The van der Waals surface area contributed by atoms with E-state index < -0.39 is 0 Å². The molecule has 0 saturated carbocycles. The molecule has 0 aliphatic carbocycles. The van der Waals surface area contributed by atoms with Gasteiger partial charge in [0.05, 0.1) is 0 Å². The smallest absolute Gasteiger partial charge is 0.257 e. The van der Waals surface area contributed by atoms with Crippen molar-refractivity contribution >= 4 is 22.5 Å². The summed E-state index contributed by atoms with van der Waals surface area (Å²) < 4.78 is 4.81. The summed E-state index contributed by atoms with van der Waals surface area (Å²) in [4.78, 5) is 12.7. The van der Waals surface area contributed by atoms with Gasteiger partial charge in [-0.05, 0) is 27.2 Å². The second-order valence-corrected chi connectivity index (χ2v) is 5.31. The number of nitrogens with one attached hydrogen (secondary N) is 1. The summed E-state index contributed by atoms with van der Waals surface area (Å²) in [5.74, 6) is 0.0545. The van der Waals surface area contributed by atoms with Crippen molar-refractivity contribution in [1.82, 2.24) is 10.3 Å². The summed E-state index contributed by atoms with van der Waals surface area (Å²) >= 11 is 0. The number of carbonyl (C=O) groups is 1. The highest BCUT2D eigenvalue weighted by molar-refractivity contribution is 6.13. The lowest BCUT2D eigenvalue weighted by molar-refractivity contribution is 0.102. The van der Waals surface area contributed by atoms with Crippen LogP contribution in [-0.4, -0.2) is 16.2 Å². The lowest BCUT2D eigenvalue weighted by atomic mass is 10.0. The minimum Gasteiger partial charge on any atom is -0.302 e. The second kappa shape index (κ2) is 5.96. The standard InChI is InChI=1S/C19H13N3O2/c23-19(16-12-6-10-13-7-4-5-11-15(13)16)20-18-17(21-24-22-18)14-8-2-1-3-9-14/h1-12H,(H,20,22,23). The summed E-state index contributed by atoms with van der Waals surface area (Å²) in [6.07, 6.45) is 0. The fraction of sp³-hybridized carbons (Fsp3) is 0. The van der Waals surface area contributed by atoms with Gasteiger partial charge in [-0.1, -0.05) is 66.7 Å². The van der Waals surface area contributed by atoms with Crippen molar-refractivity contribution in [2.75, 3.05) is 5.32 Å². The molecule has 4 aromatic rings. The summed E-state index contributed by atoms with van der Waals surface area (Å²) in [6, 6.07) is 22.8. The zero-order chi connectivity index (χ0) is 16.4. The Morgan fingerprint density at radius 3 is 2.46 bits per heavy atom. The molecule has 1 aromatic heterocycles. The number of anilines is 1. The van der Waals surface area contributed by atoms with Crippen molar-refractivity contribution in [3.63, 3.8) is 0 Å². The molecule has 0 spiro atoms. The Labute approximate surface area is 137 Å². The topological polar surface area (TPSA) is 68.0 Å². The maximum absolute atomic E-state index is 12.7. The molecule has 24 heavy (non-hydrogen) atoms. The summed E-state index contributed by atoms with van der Waals surface area (Å²) in [5.41, 5.74) is 1.91. The molecule has 0 aliphatic rings. The summed E-state index contributed by atoms with van der Waals surface area (Å²) in [6.45, 7) is 0. The van der Waals surface area contributed by atoms with E-state index in [1.165, 1.54) is 0 Å². The summed E-state index contributed by atoms with van der Waals surface area (Å²) in [5, 5.41) is 12.4. The number of amides is 1. The van der Waals surface area contributed by atoms with Crippen LogP contribution in [0, 0.1) is 0 Å². The Bertz CT molecular complexity index is 1000. The van der Waals surface area contributed by atoms with E-state index in [0.29, 0.717) is 17.1 Å². The Morgan fingerprint density at radius 1 is 0.833 bits per heavy atom. The highest BCUT2D eigenvalue weighted by atomic mass is 16.6. The first-order valence-corrected chi connectivity index (χ1v) is 7.50. The lowest BCUT2D eigenvalue weighted by Gasteiger charge is -2.06. The van der Waals surface area contributed by atoms with Crippen LogP contribution in [0.4, 0.5) is 5.82 Å². The fourth-order valence-corrected chi connectivity index (χ4v) is 2.65. The number of carbonyl (C=O) groups excluding carboxylic acids is 1. The van der Waals surface area contributed by atoms with Gasteiger partial charge in [-0.2, -0.15) is 0 Å². The molecular formula is C19H13N3O2. The largest absolute Gasteiger partial charge is 0.302 e. The van der Waals surface area contributed by atoms with Gasteiger partial charge in [0.15, 0.2) is 5.69 Å². The monoisotopic (exact) mass is 315 g/mol. The molecule has 0 aliphatic heterocycles. The summed E-state index contributed by atoms with van der Waals surface area (Å²) in [7, 11) is 0. The predicted octanol–water partition coefficient (Wildman–Crippen LogP) is 4.14. The van der Waals surface area contributed by atoms with Gasteiger partial charge >= 0.3 is 0 Å². The van der Waals surface area contributed by atoms with Gasteiger partial charge < -0.3 is 5.32 Å². The van der Waals surface area contributed by atoms with Crippen LogP contribution in [0.3, 0.4) is 0 Å². The average molecular weight is 315 g/mol. The SMILES string of the molecule is O=C(Nc1nonc1-c1ccccc1)c1cccc2ccccc12.